The fraction of sp³-hybridized carbons (Fsp3) is 0.667. The molecule has 96 valence electrons. The number of hydrogen-bond donors (Lipinski definition) is 0. The molecule has 0 aromatic carbocycles. The number of nitrogens with zero attached hydrogens (tertiary/aromatic N) is 1. The topological polar surface area (TPSA) is 50.5 Å². The van der Waals surface area contributed by atoms with Crippen LogP contribution in [0.25, 0.3) is 0 Å². The Hall–Kier alpha value is -0.810. The van der Waals surface area contributed by atoms with Gasteiger partial charge in [-0.15, -0.1) is 0 Å². The molecule has 2 rings (SSSR count). The largest absolute Gasteiger partial charge is 0.468 e. The lowest BCUT2D eigenvalue weighted by Gasteiger charge is -2.26. The molecule has 0 amide bonds. The fourth-order valence-electron chi connectivity index (χ4n) is 2.37. The van der Waals surface area contributed by atoms with Crippen molar-refractivity contribution >= 4 is 10.0 Å². The Balaban J connectivity index is 2.18. The van der Waals surface area contributed by atoms with Crippen molar-refractivity contribution in [2.75, 3.05) is 5.75 Å². The van der Waals surface area contributed by atoms with E-state index in [1.54, 1.807) is 23.6 Å². The zero-order chi connectivity index (χ0) is 12.3. The van der Waals surface area contributed by atoms with Gasteiger partial charge in [0, 0.05) is 6.04 Å². The van der Waals surface area contributed by atoms with Crippen LogP contribution in [0.5, 0.6) is 0 Å². The van der Waals surface area contributed by atoms with Crippen molar-refractivity contribution in [2.45, 2.75) is 45.2 Å². The number of hydrogen-bond acceptors (Lipinski definition) is 3. The zero-order valence-corrected chi connectivity index (χ0v) is 10.9. The molecule has 0 spiro atoms. The standard InChI is InChI=1S/C12H19NO3S/c1-2-17(14,15)13(11-6-3-4-7-11)10-12-8-5-9-16-12/h5,8-9,11H,2-4,6-7,10H2,1H3. The van der Waals surface area contributed by atoms with Crippen molar-refractivity contribution < 1.29 is 12.8 Å². The average molecular weight is 257 g/mol. The number of furan rings is 1. The molecule has 1 saturated carbocycles. The third-order valence-corrected chi connectivity index (χ3v) is 5.22. The molecule has 1 aromatic heterocycles. The minimum atomic E-state index is -3.15. The number of rotatable bonds is 5. The van der Waals surface area contributed by atoms with Crippen LogP contribution in [-0.4, -0.2) is 24.5 Å². The molecule has 17 heavy (non-hydrogen) atoms. The van der Waals surface area contributed by atoms with Crippen LogP contribution < -0.4 is 0 Å². The van der Waals surface area contributed by atoms with Crippen molar-refractivity contribution in [1.82, 2.24) is 4.31 Å². The summed E-state index contributed by atoms with van der Waals surface area (Å²) in [5.74, 6) is 0.874. The molecule has 0 atom stereocenters. The van der Waals surface area contributed by atoms with Crippen molar-refractivity contribution in [2.24, 2.45) is 0 Å². The van der Waals surface area contributed by atoms with Gasteiger partial charge >= 0.3 is 0 Å². The van der Waals surface area contributed by atoms with E-state index in [4.69, 9.17) is 4.42 Å². The lowest BCUT2D eigenvalue weighted by molar-refractivity contribution is 0.292. The quantitative estimate of drug-likeness (QED) is 0.813. The van der Waals surface area contributed by atoms with E-state index in [0.717, 1.165) is 25.7 Å². The molecule has 1 aliphatic carbocycles. The van der Waals surface area contributed by atoms with Crippen molar-refractivity contribution in [3.05, 3.63) is 24.2 Å². The summed E-state index contributed by atoms with van der Waals surface area (Å²) in [5, 5.41) is 0. The summed E-state index contributed by atoms with van der Waals surface area (Å²) in [6.45, 7) is 2.06. The summed E-state index contributed by atoms with van der Waals surface area (Å²) >= 11 is 0. The Kier molecular flexibility index (Phi) is 3.89. The molecule has 0 saturated heterocycles. The normalized spacial score (nSPS) is 18.0. The molecule has 1 aromatic rings. The van der Waals surface area contributed by atoms with E-state index in [1.807, 2.05) is 6.07 Å². The Morgan fingerprint density at radius 1 is 1.41 bits per heavy atom. The van der Waals surface area contributed by atoms with Gasteiger partial charge in [0.15, 0.2) is 0 Å². The van der Waals surface area contributed by atoms with E-state index < -0.39 is 10.0 Å². The van der Waals surface area contributed by atoms with Crippen LogP contribution in [0.2, 0.25) is 0 Å². The first-order valence-corrected chi connectivity index (χ1v) is 7.76. The third kappa shape index (κ3) is 2.90. The summed E-state index contributed by atoms with van der Waals surface area (Å²) in [5.41, 5.74) is 0. The molecule has 0 N–H and O–H groups in total. The van der Waals surface area contributed by atoms with E-state index in [9.17, 15) is 8.42 Å². The van der Waals surface area contributed by atoms with Gasteiger partial charge in [-0.25, -0.2) is 8.42 Å². The van der Waals surface area contributed by atoms with Gasteiger partial charge in [-0.2, -0.15) is 4.31 Å². The molecular formula is C12H19NO3S. The Labute approximate surface area is 103 Å². The second-order valence-corrected chi connectivity index (χ2v) is 6.67. The van der Waals surface area contributed by atoms with Crippen LogP contribution in [0.3, 0.4) is 0 Å². The summed E-state index contributed by atoms with van der Waals surface area (Å²) in [6.07, 6.45) is 5.78. The van der Waals surface area contributed by atoms with Crippen LogP contribution >= 0.6 is 0 Å². The second-order valence-electron chi connectivity index (χ2n) is 4.46. The van der Waals surface area contributed by atoms with E-state index in [1.165, 1.54) is 0 Å². The van der Waals surface area contributed by atoms with Gasteiger partial charge < -0.3 is 4.42 Å². The summed E-state index contributed by atoms with van der Waals surface area (Å²) in [6, 6.07) is 3.78. The summed E-state index contributed by atoms with van der Waals surface area (Å²) < 4.78 is 31.1. The van der Waals surface area contributed by atoms with E-state index in [0.29, 0.717) is 12.3 Å². The van der Waals surface area contributed by atoms with Gasteiger partial charge in [-0.05, 0) is 31.9 Å². The molecule has 0 unspecified atom stereocenters. The van der Waals surface area contributed by atoms with Gasteiger partial charge in [0.2, 0.25) is 10.0 Å². The predicted octanol–water partition coefficient (Wildman–Crippen LogP) is 2.37. The minimum absolute atomic E-state index is 0.157. The Morgan fingerprint density at radius 2 is 2.12 bits per heavy atom. The van der Waals surface area contributed by atoms with Crippen LogP contribution in [0.1, 0.15) is 38.4 Å². The highest BCUT2D eigenvalue weighted by atomic mass is 32.2. The molecule has 1 aliphatic rings. The third-order valence-electron chi connectivity index (χ3n) is 3.35. The first-order chi connectivity index (χ1) is 8.13. The fourth-order valence-corrected chi connectivity index (χ4v) is 3.69. The van der Waals surface area contributed by atoms with Crippen molar-refractivity contribution in [1.29, 1.82) is 0 Å². The zero-order valence-electron chi connectivity index (χ0n) is 10.1. The molecular weight excluding hydrogens is 238 g/mol. The maximum Gasteiger partial charge on any atom is 0.214 e. The van der Waals surface area contributed by atoms with Gasteiger partial charge in [-0.1, -0.05) is 12.8 Å². The predicted molar refractivity (Wildman–Crippen MR) is 66.0 cm³/mol. The highest BCUT2D eigenvalue weighted by molar-refractivity contribution is 7.89. The molecule has 0 bridgehead atoms. The Bertz CT molecular complexity index is 432. The molecule has 4 nitrogen and oxygen atoms in total. The molecule has 0 aliphatic heterocycles. The monoisotopic (exact) mass is 257 g/mol. The van der Waals surface area contributed by atoms with Gasteiger partial charge in [0.1, 0.15) is 5.76 Å². The van der Waals surface area contributed by atoms with E-state index >= 15 is 0 Å². The highest BCUT2D eigenvalue weighted by Gasteiger charge is 2.31. The minimum Gasteiger partial charge on any atom is -0.468 e. The van der Waals surface area contributed by atoms with Gasteiger partial charge in [-0.3, -0.25) is 0 Å². The Morgan fingerprint density at radius 3 is 2.65 bits per heavy atom. The highest BCUT2D eigenvalue weighted by Crippen LogP contribution is 2.27. The van der Waals surface area contributed by atoms with Crippen LogP contribution in [0.4, 0.5) is 0 Å². The lowest BCUT2D eigenvalue weighted by atomic mass is 10.2. The van der Waals surface area contributed by atoms with Crippen molar-refractivity contribution in [3.8, 4) is 0 Å². The first kappa shape index (κ1) is 12.6. The lowest BCUT2D eigenvalue weighted by Crippen LogP contribution is -2.39. The molecule has 0 radical (unpaired) electrons. The van der Waals surface area contributed by atoms with Crippen molar-refractivity contribution in [3.63, 3.8) is 0 Å². The molecule has 5 heteroatoms. The molecule has 1 fully saturated rings. The number of sulfonamides is 1. The average Bonchev–Trinajstić information content (AvgIpc) is 2.98. The smallest absolute Gasteiger partial charge is 0.214 e. The summed E-state index contributed by atoms with van der Waals surface area (Å²) in [7, 11) is -3.15. The van der Waals surface area contributed by atoms with Gasteiger partial charge in [0.25, 0.3) is 0 Å². The first-order valence-electron chi connectivity index (χ1n) is 6.15. The molecule has 1 heterocycles. The van der Waals surface area contributed by atoms with Crippen LogP contribution in [0, 0.1) is 0 Å². The summed E-state index contributed by atoms with van der Waals surface area (Å²) in [4.78, 5) is 0. The van der Waals surface area contributed by atoms with E-state index in [-0.39, 0.29) is 11.8 Å². The van der Waals surface area contributed by atoms with Crippen LogP contribution in [0.15, 0.2) is 22.8 Å². The van der Waals surface area contributed by atoms with Crippen LogP contribution in [-0.2, 0) is 16.6 Å². The second kappa shape index (κ2) is 5.23. The maximum atomic E-state index is 12.1. The maximum absolute atomic E-state index is 12.1. The van der Waals surface area contributed by atoms with Gasteiger partial charge in [0.05, 0.1) is 18.6 Å². The van der Waals surface area contributed by atoms with E-state index in [2.05, 4.69) is 0 Å². The SMILES string of the molecule is CCS(=O)(=O)N(Cc1ccco1)C1CCCC1.